The molecule has 3 nitrogen and oxygen atoms in total. The van der Waals surface area contributed by atoms with Crippen LogP contribution < -0.4 is 5.32 Å². The number of morpholine rings is 1. The Labute approximate surface area is 118 Å². The van der Waals surface area contributed by atoms with E-state index in [4.69, 9.17) is 4.74 Å². The Hall–Kier alpha value is -0.380. The molecule has 19 heavy (non-hydrogen) atoms. The number of ether oxygens (including phenoxy) is 1. The van der Waals surface area contributed by atoms with Crippen molar-refractivity contribution < 1.29 is 4.74 Å². The van der Waals surface area contributed by atoms with E-state index in [1.807, 2.05) is 0 Å². The number of hydrogen-bond donors (Lipinski definition) is 1. The minimum absolute atomic E-state index is 0.656. The summed E-state index contributed by atoms with van der Waals surface area (Å²) in [7, 11) is 0. The molecule has 1 N–H and O–H groups in total. The van der Waals surface area contributed by atoms with Crippen LogP contribution in [0.2, 0.25) is 0 Å². The monoisotopic (exact) mass is 266 g/mol. The average molecular weight is 266 g/mol. The zero-order chi connectivity index (χ0) is 13.5. The van der Waals surface area contributed by atoms with Gasteiger partial charge in [-0.2, -0.15) is 0 Å². The topological polar surface area (TPSA) is 24.5 Å². The Morgan fingerprint density at radius 1 is 1.26 bits per heavy atom. The van der Waals surface area contributed by atoms with Crippen molar-refractivity contribution in [3.8, 4) is 0 Å². The van der Waals surface area contributed by atoms with Gasteiger partial charge in [0.15, 0.2) is 0 Å². The van der Waals surface area contributed by atoms with E-state index in [-0.39, 0.29) is 0 Å². The molecule has 2 rings (SSSR count). The van der Waals surface area contributed by atoms with Crippen LogP contribution in [0.15, 0.2) is 12.2 Å². The maximum absolute atomic E-state index is 5.46. The van der Waals surface area contributed by atoms with Crippen molar-refractivity contribution in [3.63, 3.8) is 0 Å². The molecule has 1 aliphatic heterocycles. The zero-order valence-electron chi connectivity index (χ0n) is 12.6. The van der Waals surface area contributed by atoms with Crippen LogP contribution in [0.1, 0.15) is 33.1 Å². The number of nitrogens with zero attached hydrogens (tertiary/aromatic N) is 1. The van der Waals surface area contributed by atoms with Crippen molar-refractivity contribution >= 4 is 0 Å². The fourth-order valence-corrected chi connectivity index (χ4v) is 3.17. The van der Waals surface area contributed by atoms with Crippen LogP contribution in [0.4, 0.5) is 0 Å². The van der Waals surface area contributed by atoms with Gasteiger partial charge in [-0.05, 0) is 37.6 Å². The summed E-state index contributed by atoms with van der Waals surface area (Å²) in [6.07, 6.45) is 8.55. The van der Waals surface area contributed by atoms with E-state index >= 15 is 0 Å². The van der Waals surface area contributed by atoms with Gasteiger partial charge in [-0.25, -0.2) is 0 Å². The van der Waals surface area contributed by atoms with Gasteiger partial charge in [-0.15, -0.1) is 0 Å². The highest BCUT2D eigenvalue weighted by Crippen LogP contribution is 2.17. The van der Waals surface area contributed by atoms with Crippen molar-refractivity contribution in [2.24, 2.45) is 11.8 Å². The molecular formula is C16H30N2O. The summed E-state index contributed by atoms with van der Waals surface area (Å²) in [5.74, 6) is 1.55. The predicted octanol–water partition coefficient (Wildman–Crippen LogP) is 2.29. The van der Waals surface area contributed by atoms with Gasteiger partial charge in [0, 0.05) is 25.7 Å². The summed E-state index contributed by atoms with van der Waals surface area (Å²) in [6.45, 7) is 11.0. The van der Waals surface area contributed by atoms with Gasteiger partial charge in [-0.3, -0.25) is 4.90 Å². The minimum atomic E-state index is 0.656. The van der Waals surface area contributed by atoms with Crippen molar-refractivity contribution in [1.82, 2.24) is 10.2 Å². The highest BCUT2D eigenvalue weighted by molar-refractivity contribution is 4.91. The molecular weight excluding hydrogens is 236 g/mol. The van der Waals surface area contributed by atoms with Crippen LogP contribution in [0.5, 0.6) is 0 Å². The fourth-order valence-electron chi connectivity index (χ4n) is 3.17. The molecule has 0 aromatic carbocycles. The van der Waals surface area contributed by atoms with Crippen LogP contribution in [0.25, 0.3) is 0 Å². The molecule has 0 spiro atoms. The van der Waals surface area contributed by atoms with E-state index in [9.17, 15) is 0 Å². The number of rotatable bonds is 6. The average Bonchev–Trinajstić information content (AvgIpc) is 2.45. The van der Waals surface area contributed by atoms with E-state index in [2.05, 4.69) is 36.2 Å². The van der Waals surface area contributed by atoms with Gasteiger partial charge < -0.3 is 10.1 Å². The van der Waals surface area contributed by atoms with Crippen LogP contribution in [-0.2, 0) is 4.74 Å². The number of nitrogens with one attached hydrogen (secondary N) is 1. The van der Waals surface area contributed by atoms with Gasteiger partial charge in [0.25, 0.3) is 0 Å². The Bertz CT molecular complexity index is 272. The minimum Gasteiger partial charge on any atom is -0.379 e. The SMILES string of the molecule is CC(C)C(CNCC1CC=CCC1)N1CCOCC1. The largest absolute Gasteiger partial charge is 0.379 e. The fraction of sp³-hybridized carbons (Fsp3) is 0.875. The van der Waals surface area contributed by atoms with E-state index in [0.717, 1.165) is 38.8 Å². The molecule has 0 radical (unpaired) electrons. The van der Waals surface area contributed by atoms with Crippen molar-refractivity contribution in [2.75, 3.05) is 39.4 Å². The lowest BCUT2D eigenvalue weighted by molar-refractivity contribution is 0.00637. The van der Waals surface area contributed by atoms with E-state index in [1.165, 1.54) is 25.8 Å². The molecule has 0 amide bonds. The summed E-state index contributed by atoms with van der Waals surface area (Å²) < 4.78 is 5.46. The molecule has 3 heteroatoms. The smallest absolute Gasteiger partial charge is 0.0594 e. The van der Waals surface area contributed by atoms with Gasteiger partial charge in [0.1, 0.15) is 0 Å². The third kappa shape index (κ3) is 4.90. The maximum atomic E-state index is 5.46. The second kappa shape index (κ2) is 8.03. The first-order valence-electron chi connectivity index (χ1n) is 7.95. The lowest BCUT2D eigenvalue weighted by Crippen LogP contribution is -2.50. The highest BCUT2D eigenvalue weighted by atomic mass is 16.5. The summed E-state index contributed by atoms with van der Waals surface area (Å²) in [4.78, 5) is 2.60. The molecule has 2 aliphatic rings. The summed E-state index contributed by atoms with van der Waals surface area (Å²) in [5.41, 5.74) is 0. The molecule has 2 atom stereocenters. The Morgan fingerprint density at radius 2 is 2.05 bits per heavy atom. The normalized spacial score (nSPS) is 26.8. The molecule has 0 aromatic rings. The zero-order valence-corrected chi connectivity index (χ0v) is 12.6. The van der Waals surface area contributed by atoms with Gasteiger partial charge in [0.2, 0.25) is 0 Å². The second-order valence-corrected chi connectivity index (χ2v) is 6.27. The van der Waals surface area contributed by atoms with Gasteiger partial charge in [-0.1, -0.05) is 26.0 Å². The standard InChI is InChI=1S/C16H30N2O/c1-14(2)16(18-8-10-19-11-9-18)13-17-12-15-6-4-3-5-7-15/h3-4,14-17H,5-13H2,1-2H3. The first-order chi connectivity index (χ1) is 9.27. The lowest BCUT2D eigenvalue weighted by atomic mass is 9.94. The predicted molar refractivity (Wildman–Crippen MR) is 80.4 cm³/mol. The van der Waals surface area contributed by atoms with Gasteiger partial charge in [0.05, 0.1) is 13.2 Å². The first-order valence-corrected chi connectivity index (χ1v) is 7.95. The summed E-state index contributed by atoms with van der Waals surface area (Å²) in [5, 5.41) is 3.72. The molecule has 2 unspecified atom stereocenters. The first kappa shape index (κ1) is 15.0. The Balaban J connectivity index is 1.71. The molecule has 1 aliphatic carbocycles. The molecule has 1 saturated heterocycles. The van der Waals surface area contributed by atoms with Crippen LogP contribution in [0, 0.1) is 11.8 Å². The molecule has 0 bridgehead atoms. The van der Waals surface area contributed by atoms with Crippen LogP contribution in [0.3, 0.4) is 0 Å². The maximum Gasteiger partial charge on any atom is 0.0594 e. The number of allylic oxidation sites excluding steroid dienone is 2. The Kier molecular flexibility index (Phi) is 6.35. The van der Waals surface area contributed by atoms with E-state index in [1.54, 1.807) is 0 Å². The van der Waals surface area contributed by atoms with Crippen LogP contribution in [-0.4, -0.2) is 50.3 Å². The molecule has 0 saturated carbocycles. The van der Waals surface area contributed by atoms with E-state index < -0.39 is 0 Å². The summed E-state index contributed by atoms with van der Waals surface area (Å²) >= 11 is 0. The van der Waals surface area contributed by atoms with Crippen molar-refractivity contribution in [2.45, 2.75) is 39.2 Å². The van der Waals surface area contributed by atoms with Crippen LogP contribution >= 0.6 is 0 Å². The Morgan fingerprint density at radius 3 is 2.68 bits per heavy atom. The van der Waals surface area contributed by atoms with Crippen molar-refractivity contribution in [3.05, 3.63) is 12.2 Å². The van der Waals surface area contributed by atoms with E-state index in [0.29, 0.717) is 12.0 Å². The third-order valence-electron chi connectivity index (χ3n) is 4.45. The van der Waals surface area contributed by atoms with Gasteiger partial charge >= 0.3 is 0 Å². The second-order valence-electron chi connectivity index (χ2n) is 6.27. The molecule has 1 fully saturated rings. The van der Waals surface area contributed by atoms with Crippen molar-refractivity contribution in [1.29, 1.82) is 0 Å². The summed E-state index contributed by atoms with van der Waals surface area (Å²) in [6, 6.07) is 0.656. The quantitative estimate of drug-likeness (QED) is 0.747. The lowest BCUT2D eigenvalue weighted by Gasteiger charge is -2.37. The molecule has 110 valence electrons. The highest BCUT2D eigenvalue weighted by Gasteiger charge is 2.23. The molecule has 0 aromatic heterocycles. The number of hydrogen-bond acceptors (Lipinski definition) is 3. The molecule has 1 heterocycles. The third-order valence-corrected chi connectivity index (χ3v) is 4.45.